The molecule has 0 spiro atoms. The van der Waals surface area contributed by atoms with Crippen LogP contribution in [0.15, 0.2) is 41.6 Å². The number of nitrogens with one attached hydrogen (secondary N) is 2. The Morgan fingerprint density at radius 1 is 0.889 bits per heavy atom. The van der Waals surface area contributed by atoms with E-state index in [4.69, 9.17) is 41.7 Å². The number of fused-ring (bicyclic) bond motifs is 2. The van der Waals surface area contributed by atoms with E-state index in [0.717, 1.165) is 11.1 Å². The monoisotopic (exact) mass is 650 g/mol. The quantitative estimate of drug-likeness (QED) is 0.0812. The first kappa shape index (κ1) is 38.6. The fraction of sp³-hybridized carbons (Fsp3) is 0.467. The van der Waals surface area contributed by atoms with Crippen molar-refractivity contribution in [3.63, 3.8) is 0 Å². The number of amides is 2. The Morgan fingerprint density at radius 2 is 1.33 bits per heavy atom. The van der Waals surface area contributed by atoms with Crippen LogP contribution in [-0.4, -0.2) is 52.9 Å². The molecular formula is C30H43ClN6O8. The summed E-state index contributed by atoms with van der Waals surface area (Å²) in [6.45, 7) is 18.9. The van der Waals surface area contributed by atoms with Crippen molar-refractivity contribution >= 4 is 36.1 Å². The number of carbonyl (C=O) groups excluding carboxylic acids is 2. The first-order valence-corrected chi connectivity index (χ1v) is 13.8. The van der Waals surface area contributed by atoms with Crippen molar-refractivity contribution in [2.75, 3.05) is 13.2 Å². The molecule has 45 heavy (non-hydrogen) atoms. The molecule has 0 bridgehead atoms. The summed E-state index contributed by atoms with van der Waals surface area (Å²) in [5.41, 5.74) is 7.30. The predicted molar refractivity (Wildman–Crippen MR) is 169 cm³/mol. The lowest BCUT2D eigenvalue weighted by Gasteiger charge is -2.28. The van der Waals surface area contributed by atoms with Crippen LogP contribution in [0.4, 0.5) is 15.3 Å². The highest BCUT2D eigenvalue weighted by Gasteiger charge is 2.27. The Kier molecular flexibility index (Phi) is 14.7. The Balaban J connectivity index is 0.000000419. The number of rotatable bonds is 3. The van der Waals surface area contributed by atoms with Crippen LogP contribution < -0.4 is 31.7 Å². The van der Waals surface area contributed by atoms with Gasteiger partial charge in [0.2, 0.25) is 0 Å². The second-order valence-corrected chi connectivity index (χ2v) is 11.7. The van der Waals surface area contributed by atoms with Gasteiger partial charge in [0.05, 0.1) is 31.9 Å². The largest absolute Gasteiger partial charge is 0.494 e. The van der Waals surface area contributed by atoms with Crippen LogP contribution in [0.25, 0.3) is 4.85 Å². The van der Waals surface area contributed by atoms with Gasteiger partial charge in [-0.25, -0.2) is 20.3 Å². The van der Waals surface area contributed by atoms with Gasteiger partial charge in [0, 0.05) is 29.5 Å². The topological polar surface area (TPSA) is 204 Å². The molecule has 2 atom stereocenters. The average Bonchev–Trinajstić information content (AvgIpc) is 2.96. The number of oxime groups is 1. The van der Waals surface area contributed by atoms with Gasteiger partial charge in [-0.1, -0.05) is 29.4 Å². The molecule has 0 saturated carbocycles. The van der Waals surface area contributed by atoms with Gasteiger partial charge in [0.1, 0.15) is 22.7 Å². The van der Waals surface area contributed by atoms with E-state index >= 15 is 0 Å². The molecule has 2 amide bonds. The zero-order valence-electron chi connectivity index (χ0n) is 26.2. The SMILES string of the molecule is CC(C)(C)OC(=O)NC1CCOc2cc(C(N)=NO)ccc21.Cl.NO.[C-]#[N+]c1ccc2c(c1)OCCC2NC(=O)OC(C)(C)C. The summed E-state index contributed by atoms with van der Waals surface area (Å²) in [5.74, 6) is 4.77. The van der Waals surface area contributed by atoms with Crippen LogP contribution in [0, 0.1) is 6.57 Å². The summed E-state index contributed by atoms with van der Waals surface area (Å²) in [6, 6.07) is 10.1. The second-order valence-electron chi connectivity index (χ2n) is 11.7. The highest BCUT2D eigenvalue weighted by Crippen LogP contribution is 2.35. The summed E-state index contributed by atoms with van der Waals surface area (Å²) in [5, 5.41) is 23.9. The van der Waals surface area contributed by atoms with Crippen LogP contribution >= 0.6 is 12.4 Å². The molecule has 0 fully saturated rings. The molecule has 248 valence electrons. The minimum Gasteiger partial charge on any atom is -0.494 e. The number of nitrogens with zero attached hydrogens (tertiary/aromatic N) is 2. The van der Waals surface area contributed by atoms with E-state index in [1.807, 2.05) is 47.6 Å². The van der Waals surface area contributed by atoms with Crippen molar-refractivity contribution in [1.29, 1.82) is 0 Å². The minimum atomic E-state index is -0.548. The third-order valence-corrected chi connectivity index (χ3v) is 6.00. The van der Waals surface area contributed by atoms with Gasteiger partial charge in [-0.3, -0.25) is 0 Å². The fourth-order valence-corrected chi connectivity index (χ4v) is 4.25. The molecule has 2 heterocycles. The van der Waals surface area contributed by atoms with E-state index in [1.165, 1.54) is 0 Å². The predicted octanol–water partition coefficient (Wildman–Crippen LogP) is 5.47. The van der Waals surface area contributed by atoms with Crippen molar-refractivity contribution in [2.45, 2.75) is 77.7 Å². The van der Waals surface area contributed by atoms with Crippen LogP contribution in [0.3, 0.4) is 0 Å². The lowest BCUT2D eigenvalue weighted by atomic mass is 9.98. The van der Waals surface area contributed by atoms with Crippen LogP contribution in [0.1, 0.15) is 83.2 Å². The maximum atomic E-state index is 11.9. The molecule has 2 unspecified atom stereocenters. The van der Waals surface area contributed by atoms with Gasteiger partial charge in [-0.15, -0.1) is 12.4 Å². The summed E-state index contributed by atoms with van der Waals surface area (Å²) < 4.78 is 21.7. The van der Waals surface area contributed by atoms with Gasteiger partial charge in [-0.05, 0) is 53.7 Å². The summed E-state index contributed by atoms with van der Waals surface area (Å²) in [4.78, 5) is 27.1. The minimum absolute atomic E-state index is 0. The first-order chi connectivity index (χ1) is 20.7. The molecule has 2 aromatic rings. The summed E-state index contributed by atoms with van der Waals surface area (Å²) in [7, 11) is 0. The number of carbonyl (C=O) groups is 2. The summed E-state index contributed by atoms with van der Waals surface area (Å²) >= 11 is 0. The number of amidine groups is 1. The molecule has 15 heteroatoms. The Morgan fingerprint density at radius 3 is 1.76 bits per heavy atom. The van der Waals surface area contributed by atoms with Gasteiger partial charge < -0.3 is 45.7 Å². The molecule has 4 rings (SSSR count). The first-order valence-electron chi connectivity index (χ1n) is 13.8. The van der Waals surface area contributed by atoms with Gasteiger partial charge in [-0.2, -0.15) is 0 Å². The molecule has 0 saturated heterocycles. The van der Waals surface area contributed by atoms with Crippen LogP contribution in [0.2, 0.25) is 0 Å². The number of benzene rings is 2. The van der Waals surface area contributed by atoms with Crippen LogP contribution in [0.5, 0.6) is 11.5 Å². The molecule has 0 aliphatic carbocycles. The standard InChI is InChI=1S/C15H21N3O4.C15H18N2O3.ClH.H3NO/c1-15(2,3)22-14(19)17-11-6-7-21-12-8-9(13(16)18-20)4-5-10(11)12;1-15(2,3)20-14(18)17-12-7-8-19-13-9-10(16-4)5-6-11(12)13;;1-2/h4-5,8,11,20H,6-7H2,1-3H3,(H2,16,18)(H,17,19);5-6,9,12H,7-8H2,1-3H3,(H,17,18);1H;2H,1H2. The molecule has 0 aromatic heterocycles. The molecule has 14 nitrogen and oxygen atoms in total. The fourth-order valence-electron chi connectivity index (χ4n) is 4.25. The van der Waals surface area contributed by atoms with Crippen molar-refractivity contribution in [2.24, 2.45) is 16.8 Å². The molecule has 0 radical (unpaired) electrons. The number of alkyl carbamates (subject to hydrolysis) is 2. The number of halogens is 1. The van der Waals surface area contributed by atoms with Gasteiger partial charge in [0.15, 0.2) is 11.5 Å². The molecule has 2 aromatic carbocycles. The maximum absolute atomic E-state index is 11.9. The molecular weight excluding hydrogens is 608 g/mol. The van der Waals surface area contributed by atoms with E-state index in [1.54, 1.807) is 30.3 Å². The third-order valence-electron chi connectivity index (χ3n) is 6.00. The number of nitrogens with two attached hydrogens (primary N) is 2. The van der Waals surface area contributed by atoms with Crippen LogP contribution in [-0.2, 0) is 9.47 Å². The summed E-state index contributed by atoms with van der Waals surface area (Å²) in [6.07, 6.45) is 0.425. The maximum Gasteiger partial charge on any atom is 0.408 e. The van der Waals surface area contributed by atoms with E-state index in [-0.39, 0.29) is 30.3 Å². The third kappa shape index (κ3) is 12.2. The molecule has 8 N–H and O–H groups in total. The van der Waals surface area contributed by atoms with Crippen molar-refractivity contribution in [3.05, 3.63) is 64.5 Å². The van der Waals surface area contributed by atoms with Crippen molar-refractivity contribution < 1.29 is 39.0 Å². The van der Waals surface area contributed by atoms with Crippen molar-refractivity contribution in [3.8, 4) is 11.5 Å². The Labute approximate surface area is 269 Å². The number of hydrogen-bond donors (Lipinski definition) is 6. The zero-order valence-corrected chi connectivity index (χ0v) is 27.1. The lowest BCUT2D eigenvalue weighted by Crippen LogP contribution is -2.36. The van der Waals surface area contributed by atoms with E-state index in [9.17, 15) is 9.59 Å². The van der Waals surface area contributed by atoms with E-state index < -0.39 is 23.4 Å². The lowest BCUT2D eigenvalue weighted by molar-refractivity contribution is 0.0478. The zero-order chi connectivity index (χ0) is 33.1. The van der Waals surface area contributed by atoms with E-state index in [0.29, 0.717) is 48.8 Å². The van der Waals surface area contributed by atoms with Gasteiger partial charge >= 0.3 is 12.2 Å². The highest BCUT2D eigenvalue weighted by atomic mass is 35.5. The van der Waals surface area contributed by atoms with E-state index in [2.05, 4.69) is 26.5 Å². The highest BCUT2D eigenvalue weighted by molar-refractivity contribution is 5.97. The smallest absolute Gasteiger partial charge is 0.408 e. The second kappa shape index (κ2) is 17.1. The normalized spacial score (nSPS) is 16.7. The molecule has 2 aliphatic heterocycles. The molecule has 2 aliphatic rings. The Bertz CT molecular complexity index is 1370. The average molecular weight is 651 g/mol. The number of ether oxygens (including phenoxy) is 4. The number of hydrogen-bond acceptors (Lipinski definition) is 10. The van der Waals surface area contributed by atoms with Crippen molar-refractivity contribution in [1.82, 2.24) is 10.6 Å². The Hall–Kier alpha value is -4.45. The van der Waals surface area contributed by atoms with Gasteiger partial charge in [0.25, 0.3) is 0 Å².